The van der Waals surface area contributed by atoms with E-state index in [4.69, 9.17) is 5.26 Å². The fourth-order valence-corrected chi connectivity index (χ4v) is 3.38. The summed E-state index contributed by atoms with van der Waals surface area (Å²) in [5, 5.41) is 9.00. The van der Waals surface area contributed by atoms with E-state index < -0.39 is 0 Å². The van der Waals surface area contributed by atoms with Gasteiger partial charge in [0, 0.05) is 23.0 Å². The zero-order valence-electron chi connectivity index (χ0n) is 12.5. The van der Waals surface area contributed by atoms with E-state index in [2.05, 4.69) is 52.0 Å². The molecule has 0 N–H and O–H groups in total. The summed E-state index contributed by atoms with van der Waals surface area (Å²) in [5.74, 6) is 0. The minimum absolute atomic E-state index is 0.421. The van der Waals surface area contributed by atoms with E-state index >= 15 is 0 Å². The Hall–Kier alpha value is -2.25. The van der Waals surface area contributed by atoms with Crippen molar-refractivity contribution < 1.29 is 0 Å². The lowest BCUT2D eigenvalue weighted by Crippen LogP contribution is -2.00. The zero-order chi connectivity index (χ0) is 15.4. The van der Waals surface area contributed by atoms with Crippen LogP contribution in [0.2, 0.25) is 0 Å². The molecule has 3 aromatic rings. The molecule has 1 aromatic carbocycles. The number of benzene rings is 1. The third-order valence-electron chi connectivity index (χ3n) is 3.77. The zero-order valence-corrected chi connectivity index (χ0v) is 13.3. The first-order valence-electron chi connectivity index (χ1n) is 7.26. The minimum atomic E-state index is 0.421. The minimum Gasteiger partial charge on any atom is -0.316 e. The molecule has 3 rings (SSSR count). The van der Waals surface area contributed by atoms with E-state index in [1.807, 2.05) is 18.5 Å². The van der Waals surface area contributed by atoms with Gasteiger partial charge < -0.3 is 4.40 Å². The van der Waals surface area contributed by atoms with Crippen molar-refractivity contribution in [1.29, 1.82) is 5.26 Å². The Morgan fingerprint density at radius 2 is 2.05 bits per heavy atom. The van der Waals surface area contributed by atoms with Crippen LogP contribution in [0, 0.1) is 11.3 Å². The fourth-order valence-electron chi connectivity index (χ4n) is 2.72. The summed E-state index contributed by atoms with van der Waals surface area (Å²) in [6.07, 6.45) is 8.15. The summed E-state index contributed by atoms with van der Waals surface area (Å²) >= 11 is 1.71. The third kappa shape index (κ3) is 2.86. The summed E-state index contributed by atoms with van der Waals surface area (Å²) in [4.78, 5) is 5.78. The van der Waals surface area contributed by atoms with Gasteiger partial charge in [0.05, 0.1) is 23.7 Å². The van der Waals surface area contributed by atoms with Crippen LogP contribution in [0.5, 0.6) is 0 Å². The van der Waals surface area contributed by atoms with Crippen LogP contribution in [-0.2, 0) is 19.3 Å². The van der Waals surface area contributed by atoms with Crippen molar-refractivity contribution in [2.45, 2.75) is 24.2 Å². The lowest BCUT2D eigenvalue weighted by atomic mass is 10.1. The maximum absolute atomic E-state index is 9.00. The van der Waals surface area contributed by atoms with Gasteiger partial charge in [-0.25, -0.2) is 0 Å². The molecule has 0 fully saturated rings. The van der Waals surface area contributed by atoms with Crippen LogP contribution in [0.3, 0.4) is 0 Å². The van der Waals surface area contributed by atoms with Crippen molar-refractivity contribution in [3.05, 3.63) is 65.7 Å². The Bertz CT molecular complexity index is 815. The van der Waals surface area contributed by atoms with Crippen molar-refractivity contribution in [1.82, 2.24) is 9.38 Å². The van der Waals surface area contributed by atoms with Crippen LogP contribution in [-0.4, -0.2) is 15.6 Å². The average Bonchev–Trinajstić information content (AvgIpc) is 2.93. The fraction of sp³-hybridized carbons (Fsp3) is 0.222. The molecule has 0 spiro atoms. The molecule has 0 saturated heterocycles. The van der Waals surface area contributed by atoms with E-state index in [-0.39, 0.29) is 0 Å². The smallest absolute Gasteiger partial charge is 0.0807 e. The van der Waals surface area contributed by atoms with Gasteiger partial charge in [0.15, 0.2) is 0 Å². The maximum atomic E-state index is 9.00. The molecule has 0 aliphatic heterocycles. The SMILES string of the molecule is CSc1cc(CC#N)n2ccnc(CCc3ccccc3)c12. The van der Waals surface area contributed by atoms with Gasteiger partial charge >= 0.3 is 0 Å². The molecule has 0 amide bonds. The molecular formula is C18H17N3S. The third-order valence-corrected chi connectivity index (χ3v) is 4.53. The predicted molar refractivity (Wildman–Crippen MR) is 90.1 cm³/mol. The highest BCUT2D eigenvalue weighted by molar-refractivity contribution is 7.98. The van der Waals surface area contributed by atoms with E-state index in [9.17, 15) is 0 Å². The van der Waals surface area contributed by atoms with E-state index in [0.29, 0.717) is 6.42 Å². The maximum Gasteiger partial charge on any atom is 0.0807 e. The molecule has 22 heavy (non-hydrogen) atoms. The molecule has 2 heterocycles. The van der Waals surface area contributed by atoms with E-state index in [0.717, 1.165) is 29.7 Å². The molecule has 0 radical (unpaired) electrons. The second-order valence-electron chi connectivity index (χ2n) is 5.12. The summed E-state index contributed by atoms with van der Waals surface area (Å²) in [7, 11) is 0. The first kappa shape index (κ1) is 14.7. The average molecular weight is 307 g/mol. The van der Waals surface area contributed by atoms with E-state index in [1.54, 1.807) is 11.8 Å². The number of rotatable bonds is 5. The number of hydrogen-bond donors (Lipinski definition) is 0. The van der Waals surface area contributed by atoms with Gasteiger partial charge in [-0.15, -0.1) is 11.8 Å². The number of thioether (sulfide) groups is 1. The molecule has 0 atom stereocenters. The highest BCUT2D eigenvalue weighted by Crippen LogP contribution is 2.28. The first-order valence-corrected chi connectivity index (χ1v) is 8.48. The normalized spacial score (nSPS) is 10.7. The van der Waals surface area contributed by atoms with Gasteiger partial charge in [0.2, 0.25) is 0 Å². The number of nitriles is 1. The monoisotopic (exact) mass is 307 g/mol. The lowest BCUT2D eigenvalue weighted by molar-refractivity contribution is 0.897. The number of fused-ring (bicyclic) bond motifs is 1. The van der Waals surface area contributed by atoms with Crippen molar-refractivity contribution in [3.63, 3.8) is 0 Å². The Balaban J connectivity index is 1.97. The van der Waals surface area contributed by atoms with Gasteiger partial charge in [0.25, 0.3) is 0 Å². The molecule has 2 aromatic heterocycles. The summed E-state index contributed by atoms with van der Waals surface area (Å²) < 4.78 is 2.11. The largest absolute Gasteiger partial charge is 0.316 e. The summed E-state index contributed by atoms with van der Waals surface area (Å²) in [5.41, 5.74) is 4.60. The Morgan fingerprint density at radius 3 is 2.77 bits per heavy atom. The standard InChI is InChI=1S/C18H17N3S/c1-22-17-13-15(9-10-19)21-12-11-20-16(18(17)21)8-7-14-5-3-2-4-6-14/h2-6,11-13H,7-9H2,1H3. The first-order chi connectivity index (χ1) is 10.8. The number of nitrogens with zero attached hydrogens (tertiary/aromatic N) is 3. The summed E-state index contributed by atoms with van der Waals surface area (Å²) in [6.45, 7) is 0. The number of aryl methyl sites for hydroxylation is 2. The molecule has 0 unspecified atom stereocenters. The number of aromatic nitrogens is 2. The van der Waals surface area contributed by atoms with Crippen molar-refractivity contribution in [3.8, 4) is 6.07 Å². The van der Waals surface area contributed by atoms with Gasteiger partial charge in [-0.05, 0) is 30.7 Å². The summed E-state index contributed by atoms with van der Waals surface area (Å²) in [6, 6.07) is 14.8. The molecule has 0 aliphatic rings. The molecule has 0 aliphatic carbocycles. The van der Waals surface area contributed by atoms with Crippen LogP contribution in [0.15, 0.2) is 53.7 Å². The van der Waals surface area contributed by atoms with Gasteiger partial charge in [-0.2, -0.15) is 5.26 Å². The number of hydrogen-bond acceptors (Lipinski definition) is 3. The van der Waals surface area contributed by atoms with Crippen molar-refractivity contribution in [2.24, 2.45) is 0 Å². The van der Waals surface area contributed by atoms with Crippen molar-refractivity contribution >= 4 is 17.3 Å². The predicted octanol–water partition coefficient (Wildman–Crippen LogP) is 3.91. The highest BCUT2D eigenvalue weighted by Gasteiger charge is 2.13. The Kier molecular flexibility index (Phi) is 4.45. The Morgan fingerprint density at radius 1 is 1.23 bits per heavy atom. The second kappa shape index (κ2) is 6.67. The van der Waals surface area contributed by atoms with Crippen LogP contribution in [0.25, 0.3) is 5.52 Å². The van der Waals surface area contributed by atoms with Gasteiger partial charge in [-0.1, -0.05) is 30.3 Å². The molecule has 0 bridgehead atoms. The van der Waals surface area contributed by atoms with Gasteiger partial charge in [0.1, 0.15) is 0 Å². The molecule has 110 valence electrons. The van der Waals surface area contributed by atoms with E-state index in [1.165, 1.54) is 10.5 Å². The van der Waals surface area contributed by atoms with Crippen LogP contribution in [0.1, 0.15) is 17.0 Å². The molecule has 4 heteroatoms. The van der Waals surface area contributed by atoms with Crippen LogP contribution < -0.4 is 0 Å². The van der Waals surface area contributed by atoms with Crippen LogP contribution >= 0.6 is 11.8 Å². The van der Waals surface area contributed by atoms with Crippen LogP contribution in [0.4, 0.5) is 0 Å². The highest BCUT2D eigenvalue weighted by atomic mass is 32.2. The molecule has 0 saturated carbocycles. The molecule has 3 nitrogen and oxygen atoms in total. The van der Waals surface area contributed by atoms with Gasteiger partial charge in [-0.3, -0.25) is 4.98 Å². The molecular weight excluding hydrogens is 290 g/mol. The quantitative estimate of drug-likeness (QED) is 0.671. The topological polar surface area (TPSA) is 41.1 Å². The Labute approximate surface area is 134 Å². The lowest BCUT2D eigenvalue weighted by Gasteiger charge is -2.07. The van der Waals surface area contributed by atoms with Crippen molar-refractivity contribution in [2.75, 3.05) is 6.26 Å². The second-order valence-corrected chi connectivity index (χ2v) is 5.97.